The van der Waals surface area contributed by atoms with Crippen molar-refractivity contribution < 1.29 is 28.7 Å². The van der Waals surface area contributed by atoms with Crippen LogP contribution in [0.5, 0.6) is 0 Å². The Kier molecular flexibility index (Phi) is 13.4. The van der Waals surface area contributed by atoms with Crippen LogP contribution in [0.2, 0.25) is 0 Å². The lowest BCUT2D eigenvalue weighted by Crippen LogP contribution is -2.51. The fourth-order valence-electron chi connectivity index (χ4n) is 8.15. The van der Waals surface area contributed by atoms with E-state index in [1.807, 2.05) is 69.3 Å². The van der Waals surface area contributed by atoms with Crippen LogP contribution in [0.4, 0.5) is 9.59 Å². The molecule has 318 valence electrons. The van der Waals surface area contributed by atoms with E-state index in [4.69, 9.17) is 14.5 Å². The minimum Gasteiger partial charge on any atom is -0.453 e. The molecule has 4 amide bonds. The molecule has 0 aliphatic carbocycles. The summed E-state index contributed by atoms with van der Waals surface area (Å²) in [7, 11) is 2.55. The molecule has 7 rings (SSSR count). The van der Waals surface area contributed by atoms with Gasteiger partial charge in [0.2, 0.25) is 5.91 Å². The molecule has 0 spiro atoms. The molecule has 0 bridgehead atoms. The molecule has 3 unspecified atom stereocenters. The molecule has 2 aliphatic rings. The van der Waals surface area contributed by atoms with E-state index in [0.717, 1.165) is 52.8 Å². The summed E-state index contributed by atoms with van der Waals surface area (Å²) in [6.07, 6.45) is 5.16. The number of ether oxygens (including phenoxy) is 2. The van der Waals surface area contributed by atoms with Gasteiger partial charge in [-0.05, 0) is 90.7 Å². The zero-order valence-electron chi connectivity index (χ0n) is 35.5. The van der Waals surface area contributed by atoms with Crippen LogP contribution in [0.1, 0.15) is 91.7 Å². The fraction of sp³-hybridized carbons (Fsp3) is 0.333. The van der Waals surface area contributed by atoms with Crippen LogP contribution in [0.15, 0.2) is 85.2 Å². The van der Waals surface area contributed by atoms with E-state index in [9.17, 15) is 19.2 Å². The molecule has 0 saturated carbocycles. The highest BCUT2D eigenvalue weighted by Gasteiger charge is 2.38. The monoisotopic (exact) mass is 834 g/mol. The highest BCUT2D eigenvalue weighted by atomic mass is 16.5. The molecule has 2 saturated heterocycles. The number of hydrogen-bond donors (Lipinski definition) is 4. The molecule has 14 nitrogen and oxygen atoms in total. The van der Waals surface area contributed by atoms with Crippen LogP contribution in [-0.2, 0) is 19.1 Å². The average molecular weight is 835 g/mol. The Balaban J connectivity index is 1.10. The first kappa shape index (κ1) is 42.8. The van der Waals surface area contributed by atoms with Crippen LogP contribution < -0.4 is 10.6 Å². The van der Waals surface area contributed by atoms with Gasteiger partial charge in [0.15, 0.2) is 0 Å². The number of imidazole rings is 2. The first-order valence-electron chi connectivity index (χ1n) is 20.7. The van der Waals surface area contributed by atoms with E-state index in [-0.39, 0.29) is 29.8 Å². The Hall–Kier alpha value is -7.32. The lowest BCUT2D eigenvalue weighted by molar-refractivity contribution is -0.135. The van der Waals surface area contributed by atoms with Gasteiger partial charge in [0.05, 0.1) is 44.4 Å². The summed E-state index contributed by atoms with van der Waals surface area (Å²) < 4.78 is 9.61. The quantitative estimate of drug-likeness (QED) is 0.109. The van der Waals surface area contributed by atoms with Gasteiger partial charge in [-0.25, -0.2) is 19.6 Å². The van der Waals surface area contributed by atoms with Gasteiger partial charge in [-0.3, -0.25) is 9.59 Å². The molecule has 3 aromatic carbocycles. The van der Waals surface area contributed by atoms with Crippen LogP contribution >= 0.6 is 0 Å². The Morgan fingerprint density at radius 2 is 1.34 bits per heavy atom. The molecule has 14 heteroatoms. The summed E-state index contributed by atoms with van der Waals surface area (Å²) >= 11 is 0. The highest BCUT2D eigenvalue weighted by Crippen LogP contribution is 2.36. The van der Waals surface area contributed by atoms with E-state index < -0.39 is 24.3 Å². The number of aromatic nitrogens is 4. The van der Waals surface area contributed by atoms with Crippen molar-refractivity contribution in [1.82, 2.24) is 40.4 Å². The van der Waals surface area contributed by atoms with Gasteiger partial charge < -0.3 is 39.9 Å². The molecule has 2 aromatic heterocycles. The maximum Gasteiger partial charge on any atom is 0.407 e. The molecule has 0 radical (unpaired) electrons. The van der Waals surface area contributed by atoms with E-state index in [1.165, 1.54) is 14.2 Å². The Labute approximate surface area is 361 Å². The Morgan fingerprint density at radius 3 is 2.00 bits per heavy atom. The van der Waals surface area contributed by atoms with Crippen molar-refractivity contribution in [3.8, 4) is 46.1 Å². The van der Waals surface area contributed by atoms with Gasteiger partial charge in [0, 0.05) is 24.2 Å². The van der Waals surface area contributed by atoms with Crippen LogP contribution in [0.3, 0.4) is 0 Å². The van der Waals surface area contributed by atoms with Gasteiger partial charge in [0.25, 0.3) is 5.91 Å². The van der Waals surface area contributed by atoms with Gasteiger partial charge in [-0.2, -0.15) is 0 Å². The molecule has 4 heterocycles. The number of amides is 4. The Morgan fingerprint density at radius 1 is 0.742 bits per heavy atom. The van der Waals surface area contributed by atoms with Gasteiger partial charge >= 0.3 is 12.2 Å². The topological polar surface area (TPSA) is 175 Å². The summed E-state index contributed by atoms with van der Waals surface area (Å²) in [6, 6.07) is 21.1. The summed E-state index contributed by atoms with van der Waals surface area (Å²) in [4.78, 5) is 71.5. The maximum atomic E-state index is 13.9. The summed E-state index contributed by atoms with van der Waals surface area (Å²) in [5.41, 5.74) is 6.64. The van der Waals surface area contributed by atoms with E-state index >= 15 is 0 Å². The van der Waals surface area contributed by atoms with E-state index in [0.29, 0.717) is 42.4 Å². The third-order valence-corrected chi connectivity index (χ3v) is 11.3. The summed E-state index contributed by atoms with van der Waals surface area (Å²) in [6.45, 7) is 6.88. The predicted molar refractivity (Wildman–Crippen MR) is 233 cm³/mol. The van der Waals surface area contributed by atoms with Crippen molar-refractivity contribution in [2.75, 3.05) is 27.3 Å². The molecule has 62 heavy (non-hydrogen) atoms. The van der Waals surface area contributed by atoms with Crippen molar-refractivity contribution >= 4 is 24.0 Å². The van der Waals surface area contributed by atoms with Crippen molar-refractivity contribution in [1.29, 1.82) is 0 Å². The summed E-state index contributed by atoms with van der Waals surface area (Å²) in [5.74, 6) is 13.2. The lowest BCUT2D eigenvalue weighted by Gasteiger charge is -2.30. The van der Waals surface area contributed by atoms with Gasteiger partial charge in [-0.1, -0.05) is 80.4 Å². The van der Waals surface area contributed by atoms with Gasteiger partial charge in [0.1, 0.15) is 29.4 Å². The number of aryl methyl sites for hydroxylation is 1. The number of alkyl carbamates (subject to hydrolysis) is 2. The molecule has 4 atom stereocenters. The van der Waals surface area contributed by atoms with E-state index in [1.54, 1.807) is 34.3 Å². The second-order valence-corrected chi connectivity index (χ2v) is 15.7. The minimum absolute atomic E-state index is 0.133. The smallest absolute Gasteiger partial charge is 0.407 e. The van der Waals surface area contributed by atoms with Crippen LogP contribution in [0.25, 0.3) is 22.4 Å². The zero-order valence-corrected chi connectivity index (χ0v) is 35.5. The standard InChI is InChI=1S/C48H50N8O6/c1-30(2)41(53-47(59)61-4)45(57)55-24-15-23-40(55)44-50-29-38(52-44)34-26-31(3)36(37(27-34)32-16-8-6-9-17-32)21-13-12-20-35-28-49-43(51-35)39-22-14-25-56(39)46(58)42(54-48(60)62-5)33-18-10-7-11-19-33/h6-11,16-19,26-30,39-42H,14-15,22-25H2,1-5H3,(H,49,51)(H,50,52)(H,53,59)(H,54,60)/t39?,40?,41-,42?/m0/s1. The number of methoxy groups -OCH3 is 2. The molecular formula is C48H50N8O6. The first-order chi connectivity index (χ1) is 30.1. The maximum absolute atomic E-state index is 13.9. The number of rotatable bonds is 10. The average Bonchev–Trinajstić information content (AvgIpc) is 4.14. The number of H-pyrrole nitrogens is 2. The fourth-order valence-corrected chi connectivity index (χ4v) is 8.15. The number of likely N-dealkylation sites (tertiary alicyclic amines) is 2. The van der Waals surface area contributed by atoms with Crippen molar-refractivity contribution in [3.05, 3.63) is 119 Å². The highest BCUT2D eigenvalue weighted by molar-refractivity contribution is 5.88. The normalized spacial score (nSPS) is 16.7. The second-order valence-electron chi connectivity index (χ2n) is 15.7. The summed E-state index contributed by atoms with van der Waals surface area (Å²) in [5, 5.41) is 5.40. The molecular weight excluding hydrogens is 785 g/mol. The predicted octanol–water partition coefficient (Wildman–Crippen LogP) is 6.98. The molecule has 2 aliphatic heterocycles. The number of carbonyl (C=O) groups is 4. The number of aromatic amines is 2. The van der Waals surface area contributed by atoms with Gasteiger partial charge in [-0.15, -0.1) is 0 Å². The van der Waals surface area contributed by atoms with Crippen LogP contribution in [0, 0.1) is 36.5 Å². The third-order valence-electron chi connectivity index (χ3n) is 11.3. The Bertz CT molecular complexity index is 2540. The van der Waals surface area contributed by atoms with Crippen molar-refractivity contribution in [3.63, 3.8) is 0 Å². The van der Waals surface area contributed by atoms with Crippen LogP contribution in [-0.4, -0.2) is 87.1 Å². The first-order valence-corrected chi connectivity index (χ1v) is 20.7. The van der Waals surface area contributed by atoms with E-state index in [2.05, 4.69) is 61.4 Å². The van der Waals surface area contributed by atoms with Crippen molar-refractivity contribution in [2.45, 2.75) is 70.6 Å². The molecule has 5 aromatic rings. The third kappa shape index (κ3) is 9.50. The largest absolute Gasteiger partial charge is 0.453 e. The molecule has 2 fully saturated rings. The lowest BCUT2D eigenvalue weighted by atomic mass is 9.93. The molecule has 4 N–H and O–H groups in total. The number of carbonyl (C=O) groups excluding carboxylic acids is 4. The number of benzene rings is 3. The number of nitrogens with zero attached hydrogens (tertiary/aromatic N) is 4. The second kappa shape index (κ2) is 19.4. The number of hydrogen-bond acceptors (Lipinski definition) is 8. The SMILES string of the molecule is COC(=O)NC(C(=O)N1CCCC1c1ncc(C#CC#Cc2c(C)cc(-c3cnc(C4CCCN4C(=O)[C@@H](NC(=O)OC)C(C)C)[nH]3)cc2-c2ccccc2)[nH]1)c1ccccc1. The number of nitrogens with one attached hydrogen (secondary N) is 4. The zero-order chi connectivity index (χ0) is 43.8. The minimum atomic E-state index is -0.911. The van der Waals surface area contributed by atoms with Crippen molar-refractivity contribution in [2.24, 2.45) is 5.92 Å².